The molecule has 0 aromatic carbocycles. The second-order valence-corrected chi connectivity index (χ2v) is 5.45. The minimum absolute atomic E-state index is 0. The van der Waals surface area contributed by atoms with Crippen LogP contribution in [0.5, 0.6) is 0 Å². The Kier molecular flexibility index (Phi) is 14.0. The topological polar surface area (TPSA) is 133 Å². The summed E-state index contributed by atoms with van der Waals surface area (Å²) in [7, 11) is -8.81. The van der Waals surface area contributed by atoms with E-state index in [2.05, 4.69) is 7.74 Å². The minimum atomic E-state index is -4.35. The van der Waals surface area contributed by atoms with Gasteiger partial charge in [-0.05, 0) is 0 Å². The quantitative estimate of drug-likeness (QED) is 0.260. The fraction of sp³-hybridized carbons (Fsp3) is 0. The van der Waals surface area contributed by atoms with Crippen LogP contribution in [0.15, 0.2) is 0 Å². The monoisotopic (exact) mass is 392 g/mol. The molecular weight excluding hydrogens is 386 g/mol. The predicted molar refractivity (Wildman–Crippen MR) is 47.2 cm³/mol. The molecule has 76 valence electrons. The molecule has 0 atom stereocenters. The number of hydrogen-bond donors (Lipinski definition) is 0. The van der Waals surface area contributed by atoms with E-state index in [9.17, 15) is 25.9 Å². The van der Waals surface area contributed by atoms with E-state index in [-0.39, 0.29) is 69.9 Å². The maximum Gasteiger partial charge on any atom is 2.00 e. The van der Waals surface area contributed by atoms with Crippen LogP contribution >= 0.6 is 0 Å². The third-order valence-electron chi connectivity index (χ3n) is 0.408. The van der Waals surface area contributed by atoms with E-state index in [1.165, 1.54) is 0 Å². The van der Waals surface area contributed by atoms with Crippen molar-refractivity contribution >= 4 is 90.7 Å². The van der Waals surface area contributed by atoms with Gasteiger partial charge in [-0.1, -0.05) is 0 Å². The fourth-order valence-corrected chi connectivity index (χ4v) is 0. The molecule has 0 aromatic rings. The van der Waals surface area contributed by atoms with Gasteiger partial charge in [0.05, 0.1) is 0 Å². The van der Waals surface area contributed by atoms with E-state index in [0.29, 0.717) is 0 Å². The Labute approximate surface area is 122 Å². The first-order valence-electron chi connectivity index (χ1n) is 2.15. The molecular formula is H6BaO8S2Si2. The zero-order valence-corrected chi connectivity index (χ0v) is 16.9. The van der Waals surface area contributed by atoms with Crippen LogP contribution in [-0.4, -0.2) is 95.8 Å². The van der Waals surface area contributed by atoms with Crippen molar-refractivity contribution < 1.29 is 33.7 Å². The van der Waals surface area contributed by atoms with E-state index in [1.807, 2.05) is 0 Å². The molecule has 0 heterocycles. The van der Waals surface area contributed by atoms with Gasteiger partial charge in [0.15, 0.2) is 21.0 Å². The van der Waals surface area contributed by atoms with Gasteiger partial charge in [-0.2, -0.15) is 0 Å². The molecule has 0 aliphatic carbocycles. The van der Waals surface area contributed by atoms with Gasteiger partial charge in [-0.15, -0.1) is 0 Å². The van der Waals surface area contributed by atoms with Crippen LogP contribution in [0.3, 0.4) is 0 Å². The van der Waals surface area contributed by atoms with Crippen molar-refractivity contribution in [2.24, 2.45) is 0 Å². The summed E-state index contributed by atoms with van der Waals surface area (Å²) in [6.07, 6.45) is 0. The SMILES string of the molecule is O=S(=O)([O-])O[SiH3].O=S(=O)([O-])O[SiH3].[Ba+2]. The van der Waals surface area contributed by atoms with Crippen molar-refractivity contribution in [2.45, 2.75) is 0 Å². The summed E-state index contributed by atoms with van der Waals surface area (Å²) in [6, 6.07) is 0. The molecule has 0 aliphatic rings. The Bertz CT molecular complexity index is 256. The standard InChI is InChI=1S/Ba.2H4O4SSi/c;2*1-5(2,3)4-6/h;2*6H3,(H,1,2,3)/q+2;;/p-2. The van der Waals surface area contributed by atoms with E-state index in [0.717, 1.165) is 0 Å². The van der Waals surface area contributed by atoms with E-state index in [1.54, 1.807) is 0 Å². The predicted octanol–water partition coefficient (Wildman–Crippen LogP) is -4.89. The van der Waals surface area contributed by atoms with E-state index in [4.69, 9.17) is 0 Å². The molecule has 0 aliphatic heterocycles. The van der Waals surface area contributed by atoms with Crippen LogP contribution in [0.2, 0.25) is 0 Å². The largest absolute Gasteiger partial charge is 2.00 e. The normalized spacial score (nSPS) is 11.2. The average molecular weight is 392 g/mol. The van der Waals surface area contributed by atoms with Gasteiger partial charge in [-0.25, -0.2) is 16.8 Å². The molecule has 0 fully saturated rings. The molecule has 0 saturated heterocycles. The molecule has 0 N–H and O–H groups in total. The second kappa shape index (κ2) is 9.01. The smallest absolute Gasteiger partial charge is 0.726 e. The van der Waals surface area contributed by atoms with Crippen LogP contribution in [-0.2, 0) is 28.5 Å². The van der Waals surface area contributed by atoms with Crippen molar-refractivity contribution in [3.05, 3.63) is 0 Å². The summed E-state index contributed by atoms with van der Waals surface area (Å²) >= 11 is 0. The first-order chi connectivity index (χ1) is 5.12. The van der Waals surface area contributed by atoms with Gasteiger partial charge in [0.25, 0.3) is 0 Å². The van der Waals surface area contributed by atoms with Crippen molar-refractivity contribution in [2.75, 3.05) is 0 Å². The van der Waals surface area contributed by atoms with Crippen molar-refractivity contribution in [1.29, 1.82) is 0 Å². The molecule has 13 heavy (non-hydrogen) atoms. The summed E-state index contributed by atoms with van der Waals surface area (Å²) in [5, 5.41) is 0. The summed E-state index contributed by atoms with van der Waals surface area (Å²) < 4.78 is 62.5. The fourth-order valence-electron chi connectivity index (χ4n) is 0. The molecule has 0 saturated carbocycles. The Morgan fingerprint density at radius 3 is 0.923 bits per heavy atom. The molecule has 0 radical (unpaired) electrons. The van der Waals surface area contributed by atoms with Gasteiger partial charge in [0.1, 0.15) is 0 Å². The van der Waals surface area contributed by atoms with Crippen molar-refractivity contribution in [3.63, 3.8) is 0 Å². The van der Waals surface area contributed by atoms with Crippen molar-refractivity contribution in [3.8, 4) is 0 Å². The Balaban J connectivity index is -0.000000143. The Hall–Kier alpha value is 1.75. The van der Waals surface area contributed by atoms with E-state index >= 15 is 0 Å². The minimum Gasteiger partial charge on any atom is -0.726 e. The zero-order chi connectivity index (χ0) is 10.4. The summed E-state index contributed by atoms with van der Waals surface area (Å²) in [5.41, 5.74) is 0. The molecule has 0 bridgehead atoms. The molecule has 13 heteroatoms. The van der Waals surface area contributed by atoms with Gasteiger partial charge in [-0.3, -0.25) is 0 Å². The van der Waals surface area contributed by atoms with Crippen LogP contribution in [0.1, 0.15) is 0 Å². The molecule has 0 unspecified atom stereocenters. The van der Waals surface area contributed by atoms with Crippen LogP contribution in [0.25, 0.3) is 0 Å². The number of rotatable bonds is 2. The molecule has 0 spiro atoms. The van der Waals surface area contributed by atoms with Gasteiger partial charge < -0.3 is 16.8 Å². The molecule has 0 aromatic heterocycles. The first-order valence-corrected chi connectivity index (χ1v) is 6.45. The molecule has 8 nitrogen and oxygen atoms in total. The van der Waals surface area contributed by atoms with Gasteiger partial charge in [0.2, 0.25) is 20.8 Å². The molecule has 0 rings (SSSR count). The number of hydrogen-bond acceptors (Lipinski definition) is 8. The van der Waals surface area contributed by atoms with E-state index < -0.39 is 20.8 Å². The zero-order valence-electron chi connectivity index (χ0n) is 6.79. The summed E-state index contributed by atoms with van der Waals surface area (Å²) in [4.78, 5) is 0. The Morgan fingerprint density at radius 1 is 0.846 bits per heavy atom. The summed E-state index contributed by atoms with van der Waals surface area (Å²) in [5.74, 6) is 0. The average Bonchev–Trinajstić information content (AvgIpc) is 1.86. The van der Waals surface area contributed by atoms with Gasteiger partial charge in [0, 0.05) is 0 Å². The van der Waals surface area contributed by atoms with Crippen LogP contribution in [0.4, 0.5) is 0 Å². The third-order valence-corrected chi connectivity index (χ3v) is 3.67. The van der Waals surface area contributed by atoms with Crippen LogP contribution < -0.4 is 0 Å². The maximum atomic E-state index is 9.26. The maximum absolute atomic E-state index is 9.26. The Morgan fingerprint density at radius 2 is 0.923 bits per heavy atom. The van der Waals surface area contributed by atoms with Gasteiger partial charge >= 0.3 is 48.9 Å². The second-order valence-electron chi connectivity index (χ2n) is 1.15. The molecule has 0 amide bonds. The third kappa shape index (κ3) is 31.6. The van der Waals surface area contributed by atoms with Crippen LogP contribution in [0, 0.1) is 0 Å². The first kappa shape index (κ1) is 20.2. The van der Waals surface area contributed by atoms with Crippen molar-refractivity contribution in [1.82, 2.24) is 0 Å². The summed E-state index contributed by atoms with van der Waals surface area (Å²) in [6.45, 7) is 0.